The third kappa shape index (κ3) is 9.66. The number of aliphatic imine (C=N–C) groups is 1. The van der Waals surface area contributed by atoms with Crippen molar-refractivity contribution in [2.24, 2.45) is 4.99 Å². The first kappa shape index (κ1) is 23.4. The molecule has 24 heavy (non-hydrogen) atoms. The lowest BCUT2D eigenvalue weighted by molar-refractivity contribution is -0.130. The molecule has 1 saturated heterocycles. The highest BCUT2D eigenvalue weighted by Gasteiger charge is 2.17. The largest absolute Gasteiger partial charge is 0.355 e. The first-order valence-electron chi connectivity index (χ1n) is 9.01. The summed E-state index contributed by atoms with van der Waals surface area (Å²) in [6, 6.07) is 0.451. The van der Waals surface area contributed by atoms with Gasteiger partial charge in [-0.15, -0.1) is 24.0 Å². The van der Waals surface area contributed by atoms with Crippen LogP contribution in [0.1, 0.15) is 46.5 Å². The van der Waals surface area contributed by atoms with E-state index in [4.69, 9.17) is 0 Å². The van der Waals surface area contributed by atoms with Gasteiger partial charge in [-0.2, -0.15) is 0 Å². The van der Waals surface area contributed by atoms with Crippen LogP contribution in [0.2, 0.25) is 0 Å². The Balaban J connectivity index is 0.00000529. The van der Waals surface area contributed by atoms with Gasteiger partial charge in [0.25, 0.3) is 0 Å². The fourth-order valence-corrected chi connectivity index (χ4v) is 2.82. The number of guanidine groups is 1. The summed E-state index contributed by atoms with van der Waals surface area (Å²) in [7, 11) is 1.82. The summed E-state index contributed by atoms with van der Waals surface area (Å²) in [6.45, 7) is 11.6. The molecule has 0 aromatic rings. The molecule has 1 unspecified atom stereocenters. The SMILES string of the molecule is CCCCCC(C)NC(=NC)NCCN1CCN(C(C)=O)CC1.I. The molecule has 2 N–H and O–H groups in total. The van der Waals surface area contributed by atoms with E-state index in [9.17, 15) is 4.79 Å². The van der Waals surface area contributed by atoms with Gasteiger partial charge in [-0.05, 0) is 13.3 Å². The molecule has 6 nitrogen and oxygen atoms in total. The van der Waals surface area contributed by atoms with Gasteiger partial charge in [0.1, 0.15) is 0 Å². The predicted molar refractivity (Wildman–Crippen MR) is 112 cm³/mol. The molecule has 0 spiro atoms. The van der Waals surface area contributed by atoms with E-state index < -0.39 is 0 Å². The van der Waals surface area contributed by atoms with Gasteiger partial charge in [0.15, 0.2) is 5.96 Å². The van der Waals surface area contributed by atoms with Crippen LogP contribution < -0.4 is 10.6 Å². The van der Waals surface area contributed by atoms with Crippen LogP contribution in [0.3, 0.4) is 0 Å². The second-order valence-corrected chi connectivity index (χ2v) is 6.39. The minimum atomic E-state index is 0. The molecule has 7 heteroatoms. The lowest BCUT2D eigenvalue weighted by Crippen LogP contribution is -2.50. The lowest BCUT2D eigenvalue weighted by Gasteiger charge is -2.34. The summed E-state index contributed by atoms with van der Waals surface area (Å²) in [5.41, 5.74) is 0. The van der Waals surface area contributed by atoms with Crippen LogP contribution in [-0.2, 0) is 4.79 Å². The van der Waals surface area contributed by atoms with Crippen molar-refractivity contribution in [3.63, 3.8) is 0 Å². The molecule has 0 aliphatic carbocycles. The van der Waals surface area contributed by atoms with Crippen LogP contribution in [0, 0.1) is 0 Å². The molecular formula is C17H36IN5O. The highest BCUT2D eigenvalue weighted by Crippen LogP contribution is 2.03. The van der Waals surface area contributed by atoms with E-state index in [1.165, 1.54) is 25.7 Å². The Morgan fingerprint density at radius 2 is 1.88 bits per heavy atom. The molecule has 0 saturated carbocycles. The van der Waals surface area contributed by atoms with Crippen molar-refractivity contribution in [3.8, 4) is 0 Å². The van der Waals surface area contributed by atoms with Gasteiger partial charge >= 0.3 is 0 Å². The summed E-state index contributed by atoms with van der Waals surface area (Å²) in [5, 5.41) is 6.84. The van der Waals surface area contributed by atoms with Gasteiger partial charge < -0.3 is 15.5 Å². The van der Waals surface area contributed by atoms with Crippen LogP contribution in [-0.4, -0.2) is 74.0 Å². The molecule has 0 aromatic heterocycles. The molecule has 0 radical (unpaired) electrons. The number of nitrogens with zero attached hydrogens (tertiary/aromatic N) is 3. The van der Waals surface area contributed by atoms with Crippen LogP contribution in [0.15, 0.2) is 4.99 Å². The third-order valence-electron chi connectivity index (χ3n) is 4.39. The van der Waals surface area contributed by atoms with Crippen LogP contribution in [0.4, 0.5) is 0 Å². The number of halogens is 1. The molecule has 1 fully saturated rings. The molecule has 0 aromatic carbocycles. The lowest BCUT2D eigenvalue weighted by atomic mass is 10.1. The second-order valence-electron chi connectivity index (χ2n) is 6.39. The predicted octanol–water partition coefficient (Wildman–Crippen LogP) is 1.90. The number of unbranched alkanes of at least 4 members (excludes halogenated alkanes) is 2. The number of hydrogen-bond donors (Lipinski definition) is 2. The molecule has 1 amide bonds. The summed E-state index contributed by atoms with van der Waals surface area (Å²) in [4.78, 5) is 19.9. The zero-order valence-electron chi connectivity index (χ0n) is 15.8. The standard InChI is InChI=1S/C17H35N5O.HI/c1-5-6-7-8-15(2)20-17(18-4)19-9-10-21-11-13-22(14-12-21)16(3)23;/h15H,5-14H2,1-4H3,(H2,18,19,20);1H. The Morgan fingerprint density at radius 3 is 2.42 bits per heavy atom. The van der Waals surface area contributed by atoms with Crippen LogP contribution >= 0.6 is 24.0 Å². The smallest absolute Gasteiger partial charge is 0.219 e. The van der Waals surface area contributed by atoms with E-state index in [-0.39, 0.29) is 29.9 Å². The summed E-state index contributed by atoms with van der Waals surface area (Å²) < 4.78 is 0. The van der Waals surface area contributed by atoms with Crippen molar-refractivity contribution in [2.75, 3.05) is 46.3 Å². The van der Waals surface area contributed by atoms with Crippen molar-refractivity contribution >= 4 is 35.8 Å². The first-order valence-corrected chi connectivity index (χ1v) is 9.01. The fourth-order valence-electron chi connectivity index (χ4n) is 2.82. The maximum absolute atomic E-state index is 11.3. The molecule has 1 heterocycles. The highest BCUT2D eigenvalue weighted by molar-refractivity contribution is 14.0. The van der Waals surface area contributed by atoms with Crippen molar-refractivity contribution < 1.29 is 4.79 Å². The number of carbonyl (C=O) groups excluding carboxylic acids is 1. The van der Waals surface area contributed by atoms with Crippen molar-refractivity contribution in [3.05, 3.63) is 0 Å². The Morgan fingerprint density at radius 1 is 1.21 bits per heavy atom. The van der Waals surface area contributed by atoms with Crippen molar-refractivity contribution in [2.45, 2.75) is 52.5 Å². The van der Waals surface area contributed by atoms with Gasteiger partial charge in [0, 0.05) is 59.3 Å². The average Bonchev–Trinajstić information content (AvgIpc) is 2.54. The second kappa shape index (κ2) is 13.7. The summed E-state index contributed by atoms with van der Waals surface area (Å²) in [5.74, 6) is 1.07. The number of amides is 1. The maximum atomic E-state index is 11.3. The van der Waals surface area contributed by atoms with Gasteiger partial charge in [0.05, 0.1) is 0 Å². The Kier molecular flexibility index (Phi) is 13.4. The van der Waals surface area contributed by atoms with Crippen molar-refractivity contribution in [1.82, 2.24) is 20.4 Å². The zero-order chi connectivity index (χ0) is 17.1. The van der Waals surface area contributed by atoms with E-state index in [0.717, 1.165) is 45.2 Å². The van der Waals surface area contributed by atoms with Gasteiger partial charge in [-0.1, -0.05) is 26.2 Å². The first-order chi connectivity index (χ1) is 11.1. The van der Waals surface area contributed by atoms with Gasteiger partial charge in [-0.3, -0.25) is 14.7 Å². The van der Waals surface area contributed by atoms with E-state index >= 15 is 0 Å². The minimum Gasteiger partial charge on any atom is -0.355 e. The highest BCUT2D eigenvalue weighted by atomic mass is 127. The normalized spacial score (nSPS) is 17.2. The van der Waals surface area contributed by atoms with Crippen molar-refractivity contribution in [1.29, 1.82) is 0 Å². The quantitative estimate of drug-likeness (QED) is 0.255. The van der Waals surface area contributed by atoms with Crippen LogP contribution in [0.5, 0.6) is 0 Å². The van der Waals surface area contributed by atoms with E-state index in [1.807, 2.05) is 11.9 Å². The number of piperazine rings is 1. The van der Waals surface area contributed by atoms with Gasteiger partial charge in [0.2, 0.25) is 5.91 Å². The molecule has 1 rings (SSSR count). The maximum Gasteiger partial charge on any atom is 0.219 e. The van der Waals surface area contributed by atoms with E-state index in [2.05, 4.69) is 34.4 Å². The monoisotopic (exact) mass is 453 g/mol. The molecule has 0 bridgehead atoms. The number of nitrogens with one attached hydrogen (secondary N) is 2. The summed E-state index contributed by atoms with van der Waals surface area (Å²) in [6.07, 6.45) is 5.00. The molecule has 1 aliphatic rings. The molecule has 142 valence electrons. The number of rotatable bonds is 8. The Bertz CT molecular complexity index is 370. The molecule has 1 atom stereocenters. The third-order valence-corrected chi connectivity index (χ3v) is 4.39. The Hall–Kier alpha value is -0.570. The van der Waals surface area contributed by atoms with Gasteiger partial charge in [-0.25, -0.2) is 0 Å². The van der Waals surface area contributed by atoms with E-state index in [1.54, 1.807) is 6.92 Å². The molecule has 1 aliphatic heterocycles. The minimum absolute atomic E-state index is 0. The topological polar surface area (TPSA) is 60.0 Å². The van der Waals surface area contributed by atoms with Crippen LogP contribution in [0.25, 0.3) is 0 Å². The number of hydrogen-bond acceptors (Lipinski definition) is 3. The zero-order valence-corrected chi connectivity index (χ0v) is 18.1. The average molecular weight is 453 g/mol. The summed E-state index contributed by atoms with van der Waals surface area (Å²) >= 11 is 0. The Labute approximate surface area is 164 Å². The fraction of sp³-hybridized carbons (Fsp3) is 0.882. The molecular weight excluding hydrogens is 417 g/mol. The van der Waals surface area contributed by atoms with E-state index in [0.29, 0.717) is 6.04 Å². The number of carbonyl (C=O) groups is 1.